The Bertz CT molecular complexity index is 512. The molecule has 0 aliphatic rings. The van der Waals surface area contributed by atoms with Crippen LogP contribution in [0.2, 0.25) is 0 Å². The highest BCUT2D eigenvalue weighted by atomic mass is 16.4. The van der Waals surface area contributed by atoms with E-state index in [2.05, 4.69) is 4.98 Å². The van der Waals surface area contributed by atoms with Crippen molar-refractivity contribution in [2.24, 2.45) is 0 Å². The van der Waals surface area contributed by atoms with E-state index in [1.54, 1.807) is 6.20 Å². The van der Waals surface area contributed by atoms with Crippen molar-refractivity contribution in [3.63, 3.8) is 0 Å². The molecule has 2 rings (SSSR count). The summed E-state index contributed by atoms with van der Waals surface area (Å²) >= 11 is 0. The Morgan fingerprint density at radius 2 is 2.19 bits per heavy atom. The molecule has 2 aromatic rings. The Kier molecular flexibility index (Phi) is 2.68. The van der Waals surface area contributed by atoms with Gasteiger partial charge >= 0.3 is 5.97 Å². The van der Waals surface area contributed by atoms with Crippen LogP contribution in [0.3, 0.4) is 0 Å². The average molecular weight is 218 g/mol. The number of imidazole rings is 1. The van der Waals surface area contributed by atoms with Crippen LogP contribution >= 0.6 is 0 Å². The number of fused-ring (bicyclic) bond motifs is 1. The van der Waals surface area contributed by atoms with Crippen molar-refractivity contribution in [1.82, 2.24) is 9.38 Å². The summed E-state index contributed by atoms with van der Waals surface area (Å²) in [5.41, 5.74) is 1.51. The van der Waals surface area contributed by atoms with Gasteiger partial charge in [-0.15, -0.1) is 0 Å². The summed E-state index contributed by atoms with van der Waals surface area (Å²) in [5, 5.41) is 8.42. The SMILES string of the molecule is O=C(O)C(=O)CCc1cn2ccccc2n1. The number of hydrogen-bond donors (Lipinski definition) is 1. The molecule has 0 aromatic carbocycles. The fourth-order valence-electron chi connectivity index (χ4n) is 1.46. The van der Waals surface area contributed by atoms with Crippen molar-refractivity contribution in [1.29, 1.82) is 0 Å². The number of rotatable bonds is 4. The summed E-state index contributed by atoms with van der Waals surface area (Å²) in [6, 6.07) is 5.60. The van der Waals surface area contributed by atoms with Crippen LogP contribution in [0.25, 0.3) is 5.65 Å². The molecule has 0 amide bonds. The van der Waals surface area contributed by atoms with Gasteiger partial charge in [0.15, 0.2) is 0 Å². The lowest BCUT2D eigenvalue weighted by molar-refractivity contribution is -0.149. The zero-order valence-electron chi connectivity index (χ0n) is 8.46. The molecule has 0 fully saturated rings. The topological polar surface area (TPSA) is 71.7 Å². The minimum Gasteiger partial charge on any atom is -0.476 e. The van der Waals surface area contributed by atoms with Crippen LogP contribution in [0, 0.1) is 0 Å². The summed E-state index contributed by atoms with van der Waals surface area (Å²) in [6.07, 6.45) is 3.99. The molecular formula is C11H10N2O3. The molecule has 5 heteroatoms. The van der Waals surface area contributed by atoms with Crippen molar-refractivity contribution in [3.8, 4) is 0 Å². The van der Waals surface area contributed by atoms with Crippen molar-refractivity contribution < 1.29 is 14.7 Å². The molecule has 0 saturated carbocycles. The number of Topliss-reactive ketones (excluding diaryl/α,β-unsaturated/α-hetero) is 1. The summed E-state index contributed by atoms with van der Waals surface area (Å²) < 4.78 is 1.83. The van der Waals surface area contributed by atoms with Gasteiger partial charge in [-0.05, 0) is 18.6 Å². The maximum Gasteiger partial charge on any atom is 0.372 e. The minimum absolute atomic E-state index is 0.0147. The number of carboxylic acid groups (broad SMARTS) is 1. The zero-order chi connectivity index (χ0) is 11.5. The number of aromatic nitrogens is 2. The predicted molar refractivity (Wildman–Crippen MR) is 56.2 cm³/mol. The minimum atomic E-state index is -1.39. The molecule has 2 heterocycles. The van der Waals surface area contributed by atoms with E-state index in [0.29, 0.717) is 6.42 Å². The van der Waals surface area contributed by atoms with Gasteiger partial charge in [0.05, 0.1) is 5.69 Å². The lowest BCUT2D eigenvalue weighted by Gasteiger charge is -1.91. The van der Waals surface area contributed by atoms with Gasteiger partial charge < -0.3 is 9.51 Å². The largest absolute Gasteiger partial charge is 0.476 e. The molecule has 0 saturated heterocycles. The summed E-state index contributed by atoms with van der Waals surface area (Å²) in [7, 11) is 0. The van der Waals surface area contributed by atoms with E-state index in [4.69, 9.17) is 5.11 Å². The molecule has 0 radical (unpaired) electrons. The molecule has 0 spiro atoms. The maximum absolute atomic E-state index is 10.9. The Morgan fingerprint density at radius 3 is 2.88 bits per heavy atom. The van der Waals surface area contributed by atoms with E-state index in [-0.39, 0.29) is 6.42 Å². The summed E-state index contributed by atoms with van der Waals surface area (Å²) in [4.78, 5) is 25.5. The van der Waals surface area contributed by atoms with Gasteiger partial charge in [0.1, 0.15) is 5.65 Å². The predicted octanol–water partition coefficient (Wildman–Crippen LogP) is 0.921. The number of aryl methyl sites for hydroxylation is 1. The molecule has 0 atom stereocenters. The van der Waals surface area contributed by atoms with Crippen molar-refractivity contribution in [2.45, 2.75) is 12.8 Å². The fraction of sp³-hybridized carbons (Fsp3) is 0.182. The number of ketones is 1. The van der Waals surface area contributed by atoms with Crippen LogP contribution < -0.4 is 0 Å². The third-order valence-electron chi connectivity index (χ3n) is 2.26. The van der Waals surface area contributed by atoms with E-state index in [1.807, 2.05) is 28.8 Å². The van der Waals surface area contributed by atoms with E-state index >= 15 is 0 Å². The van der Waals surface area contributed by atoms with Gasteiger partial charge in [-0.1, -0.05) is 6.07 Å². The molecule has 0 aliphatic carbocycles. The quantitative estimate of drug-likeness (QED) is 0.774. The van der Waals surface area contributed by atoms with Crippen LogP contribution in [0.4, 0.5) is 0 Å². The highest BCUT2D eigenvalue weighted by molar-refractivity contribution is 6.32. The molecule has 0 unspecified atom stereocenters. The maximum atomic E-state index is 10.9. The molecule has 0 aliphatic heterocycles. The first kappa shape index (κ1) is 10.4. The van der Waals surface area contributed by atoms with Gasteiger partial charge in [0.2, 0.25) is 5.78 Å². The van der Waals surface area contributed by atoms with Crippen LogP contribution in [0.1, 0.15) is 12.1 Å². The lowest BCUT2D eigenvalue weighted by Crippen LogP contribution is -2.12. The number of carboxylic acids is 1. The van der Waals surface area contributed by atoms with Gasteiger partial charge in [-0.2, -0.15) is 0 Å². The number of nitrogens with zero attached hydrogens (tertiary/aromatic N) is 2. The highest BCUT2D eigenvalue weighted by Crippen LogP contribution is 2.06. The number of pyridine rings is 1. The number of carbonyl (C=O) groups is 2. The third-order valence-corrected chi connectivity index (χ3v) is 2.26. The smallest absolute Gasteiger partial charge is 0.372 e. The number of carbonyl (C=O) groups excluding carboxylic acids is 1. The Labute approximate surface area is 91.3 Å². The molecule has 16 heavy (non-hydrogen) atoms. The Morgan fingerprint density at radius 1 is 1.38 bits per heavy atom. The van der Waals surface area contributed by atoms with E-state index < -0.39 is 11.8 Å². The van der Waals surface area contributed by atoms with E-state index in [9.17, 15) is 9.59 Å². The molecule has 1 N–H and O–H groups in total. The van der Waals surface area contributed by atoms with Crippen LogP contribution in [-0.4, -0.2) is 26.2 Å². The molecule has 2 aromatic heterocycles. The average Bonchev–Trinajstić information content (AvgIpc) is 2.68. The highest BCUT2D eigenvalue weighted by Gasteiger charge is 2.12. The van der Waals surface area contributed by atoms with Crippen molar-refractivity contribution >= 4 is 17.4 Å². The first-order valence-corrected chi connectivity index (χ1v) is 4.85. The lowest BCUT2D eigenvalue weighted by atomic mass is 10.2. The number of aliphatic carboxylic acids is 1. The van der Waals surface area contributed by atoms with Gasteiger partial charge in [-0.3, -0.25) is 4.79 Å². The van der Waals surface area contributed by atoms with Crippen LogP contribution in [0.15, 0.2) is 30.6 Å². The standard InChI is InChI=1S/C11H10N2O3/c14-9(11(15)16)5-4-8-7-13-6-2-1-3-10(13)12-8/h1-3,6-7H,4-5H2,(H,15,16). The first-order chi connectivity index (χ1) is 7.66. The summed E-state index contributed by atoms with van der Waals surface area (Å²) in [6.45, 7) is 0. The first-order valence-electron chi connectivity index (χ1n) is 4.85. The van der Waals surface area contributed by atoms with Gasteiger partial charge in [0, 0.05) is 18.8 Å². The Hall–Kier alpha value is -2.17. The van der Waals surface area contributed by atoms with Crippen molar-refractivity contribution in [2.75, 3.05) is 0 Å². The number of hydrogen-bond acceptors (Lipinski definition) is 3. The third kappa shape index (κ3) is 2.08. The molecule has 5 nitrogen and oxygen atoms in total. The van der Waals surface area contributed by atoms with E-state index in [1.165, 1.54) is 0 Å². The summed E-state index contributed by atoms with van der Waals surface area (Å²) in [5.74, 6) is -2.17. The van der Waals surface area contributed by atoms with E-state index in [0.717, 1.165) is 11.3 Å². The molecular weight excluding hydrogens is 208 g/mol. The van der Waals surface area contributed by atoms with Crippen LogP contribution in [-0.2, 0) is 16.0 Å². The second kappa shape index (κ2) is 4.14. The normalized spacial score (nSPS) is 10.5. The van der Waals surface area contributed by atoms with Gasteiger partial charge in [-0.25, -0.2) is 9.78 Å². The second-order valence-corrected chi connectivity index (χ2v) is 3.43. The zero-order valence-corrected chi connectivity index (χ0v) is 8.46. The van der Waals surface area contributed by atoms with Crippen molar-refractivity contribution in [3.05, 3.63) is 36.3 Å². The molecule has 0 bridgehead atoms. The monoisotopic (exact) mass is 218 g/mol. The molecule has 82 valence electrons. The second-order valence-electron chi connectivity index (χ2n) is 3.43. The van der Waals surface area contributed by atoms with Gasteiger partial charge in [0.25, 0.3) is 0 Å². The van der Waals surface area contributed by atoms with Crippen LogP contribution in [0.5, 0.6) is 0 Å². The fourth-order valence-corrected chi connectivity index (χ4v) is 1.46. The Balaban J connectivity index is 2.10.